The third-order valence-electron chi connectivity index (χ3n) is 5.93. The molecule has 0 bridgehead atoms. The normalized spacial score (nSPS) is 24.6. The van der Waals surface area contributed by atoms with E-state index in [-0.39, 0.29) is 11.3 Å². The van der Waals surface area contributed by atoms with Crippen LogP contribution < -0.4 is 5.32 Å². The topological polar surface area (TPSA) is 32.3 Å². The first-order valence-electron chi connectivity index (χ1n) is 9.25. The highest BCUT2D eigenvalue weighted by atomic mass is 16.1. The molecule has 0 aromatic heterocycles. The predicted octanol–water partition coefficient (Wildman–Crippen LogP) is 3.60. The molecule has 1 aromatic rings. The Hall–Kier alpha value is -1.35. The Balaban J connectivity index is 1.61. The van der Waals surface area contributed by atoms with E-state index in [9.17, 15) is 4.79 Å². The van der Waals surface area contributed by atoms with Crippen molar-refractivity contribution in [3.8, 4) is 0 Å². The Morgan fingerprint density at radius 3 is 2.65 bits per heavy atom. The van der Waals surface area contributed by atoms with Crippen molar-refractivity contribution in [2.75, 3.05) is 19.6 Å². The van der Waals surface area contributed by atoms with Crippen molar-refractivity contribution in [1.82, 2.24) is 10.2 Å². The van der Waals surface area contributed by atoms with Crippen molar-refractivity contribution < 1.29 is 4.79 Å². The van der Waals surface area contributed by atoms with Gasteiger partial charge in [0.05, 0.1) is 0 Å². The van der Waals surface area contributed by atoms with Crippen LogP contribution in [0.4, 0.5) is 0 Å². The van der Waals surface area contributed by atoms with Crippen LogP contribution in [0.1, 0.15) is 51.0 Å². The van der Waals surface area contributed by atoms with Gasteiger partial charge in [-0.25, -0.2) is 0 Å². The highest BCUT2D eigenvalue weighted by Gasteiger charge is 2.44. The molecule has 126 valence electrons. The van der Waals surface area contributed by atoms with Crippen LogP contribution in [0, 0.1) is 11.3 Å². The van der Waals surface area contributed by atoms with Gasteiger partial charge in [-0.2, -0.15) is 0 Å². The Morgan fingerprint density at radius 1 is 1.22 bits per heavy atom. The van der Waals surface area contributed by atoms with Crippen LogP contribution in [0.15, 0.2) is 30.3 Å². The van der Waals surface area contributed by atoms with Gasteiger partial charge in [0.1, 0.15) is 0 Å². The van der Waals surface area contributed by atoms with Crippen molar-refractivity contribution in [1.29, 1.82) is 0 Å². The number of unbranched alkanes of at least 4 members (excludes halogenated alkanes) is 1. The van der Waals surface area contributed by atoms with Gasteiger partial charge in [0.15, 0.2) is 0 Å². The van der Waals surface area contributed by atoms with Crippen molar-refractivity contribution in [2.24, 2.45) is 11.3 Å². The molecule has 2 fully saturated rings. The molecule has 2 aliphatic heterocycles. The molecule has 3 rings (SSSR count). The number of hydrogen-bond donors (Lipinski definition) is 1. The van der Waals surface area contributed by atoms with Crippen LogP contribution in [0.25, 0.3) is 0 Å². The average molecular weight is 314 g/mol. The van der Waals surface area contributed by atoms with E-state index in [1.165, 1.54) is 37.7 Å². The Kier molecular flexibility index (Phi) is 5.37. The molecule has 23 heavy (non-hydrogen) atoms. The van der Waals surface area contributed by atoms with Gasteiger partial charge in [-0.3, -0.25) is 9.69 Å². The molecular weight excluding hydrogens is 284 g/mol. The number of likely N-dealkylation sites (tertiary alicyclic amines) is 1. The molecule has 0 aliphatic carbocycles. The van der Waals surface area contributed by atoms with Crippen LogP contribution in [0.3, 0.4) is 0 Å². The van der Waals surface area contributed by atoms with Gasteiger partial charge >= 0.3 is 0 Å². The fraction of sp³-hybridized carbons (Fsp3) is 0.650. The lowest BCUT2D eigenvalue weighted by Gasteiger charge is -2.49. The maximum absolute atomic E-state index is 12.0. The summed E-state index contributed by atoms with van der Waals surface area (Å²) in [6.07, 6.45) is 6.93. The van der Waals surface area contributed by atoms with E-state index in [0.717, 1.165) is 32.6 Å². The number of piperidine rings is 2. The number of rotatable bonds is 5. The first kappa shape index (κ1) is 16.5. The zero-order valence-corrected chi connectivity index (χ0v) is 14.4. The van der Waals surface area contributed by atoms with Crippen molar-refractivity contribution in [3.05, 3.63) is 35.9 Å². The van der Waals surface area contributed by atoms with Gasteiger partial charge in [-0.05, 0) is 49.2 Å². The van der Waals surface area contributed by atoms with Crippen molar-refractivity contribution >= 4 is 5.91 Å². The number of carbonyl (C=O) groups excluding carboxylic acids is 1. The number of nitrogens with zero attached hydrogens (tertiary/aromatic N) is 1. The van der Waals surface area contributed by atoms with E-state index in [1.54, 1.807) is 0 Å². The predicted molar refractivity (Wildman–Crippen MR) is 94.0 cm³/mol. The molecule has 1 spiro atoms. The van der Waals surface area contributed by atoms with Crippen LogP contribution in [-0.4, -0.2) is 30.4 Å². The lowest BCUT2D eigenvalue weighted by Crippen LogP contribution is -2.53. The summed E-state index contributed by atoms with van der Waals surface area (Å²) in [4.78, 5) is 14.6. The number of hydrogen-bond acceptors (Lipinski definition) is 2. The maximum atomic E-state index is 12.0. The largest absolute Gasteiger partial charge is 0.356 e. The van der Waals surface area contributed by atoms with E-state index in [0.29, 0.717) is 5.92 Å². The van der Waals surface area contributed by atoms with Crippen molar-refractivity contribution in [3.63, 3.8) is 0 Å². The fourth-order valence-electron chi connectivity index (χ4n) is 4.42. The highest BCUT2D eigenvalue weighted by molar-refractivity contribution is 5.77. The lowest BCUT2D eigenvalue weighted by molar-refractivity contribution is -0.130. The van der Waals surface area contributed by atoms with E-state index in [4.69, 9.17) is 0 Å². The summed E-state index contributed by atoms with van der Waals surface area (Å²) in [6.45, 7) is 6.46. The lowest BCUT2D eigenvalue weighted by atomic mass is 9.63. The summed E-state index contributed by atoms with van der Waals surface area (Å²) in [5.74, 6) is 0.952. The molecule has 0 radical (unpaired) electrons. The minimum absolute atomic E-state index is 0.269. The van der Waals surface area contributed by atoms with Gasteiger partial charge < -0.3 is 5.32 Å². The second-order valence-electron chi connectivity index (χ2n) is 7.44. The Bertz CT molecular complexity index is 506. The first-order chi connectivity index (χ1) is 11.2. The molecule has 1 atom stereocenters. The second-order valence-corrected chi connectivity index (χ2v) is 7.44. The molecule has 0 saturated carbocycles. The third kappa shape index (κ3) is 3.95. The van der Waals surface area contributed by atoms with Gasteiger partial charge in [-0.1, -0.05) is 50.1 Å². The van der Waals surface area contributed by atoms with Crippen LogP contribution in [0.2, 0.25) is 0 Å². The molecular formula is C20H30N2O. The highest BCUT2D eigenvalue weighted by Crippen LogP contribution is 2.46. The van der Waals surface area contributed by atoms with E-state index < -0.39 is 0 Å². The Labute approximate surface area is 140 Å². The van der Waals surface area contributed by atoms with Crippen molar-refractivity contribution in [2.45, 2.75) is 52.0 Å². The zero-order valence-electron chi connectivity index (χ0n) is 14.4. The molecule has 1 N–H and O–H groups in total. The summed E-state index contributed by atoms with van der Waals surface area (Å²) in [7, 11) is 0. The van der Waals surface area contributed by atoms with Gasteiger partial charge in [0.25, 0.3) is 0 Å². The average Bonchev–Trinajstić information content (AvgIpc) is 2.57. The summed E-state index contributed by atoms with van der Waals surface area (Å²) in [6, 6.07) is 10.7. The van der Waals surface area contributed by atoms with Gasteiger partial charge in [-0.15, -0.1) is 0 Å². The molecule has 3 nitrogen and oxygen atoms in total. The van der Waals surface area contributed by atoms with Crippen LogP contribution in [-0.2, 0) is 11.3 Å². The summed E-state index contributed by atoms with van der Waals surface area (Å²) < 4.78 is 0. The zero-order chi connectivity index (χ0) is 16.1. The minimum Gasteiger partial charge on any atom is -0.356 e. The maximum Gasteiger partial charge on any atom is 0.220 e. The number of amides is 1. The molecule has 1 unspecified atom stereocenters. The summed E-state index contributed by atoms with van der Waals surface area (Å²) in [5.41, 5.74) is 1.66. The molecule has 2 aliphatic rings. The molecule has 1 amide bonds. The second kappa shape index (κ2) is 7.48. The van der Waals surface area contributed by atoms with E-state index in [2.05, 4.69) is 47.5 Å². The molecule has 2 heterocycles. The Morgan fingerprint density at radius 2 is 1.96 bits per heavy atom. The molecule has 1 aromatic carbocycles. The summed E-state index contributed by atoms with van der Waals surface area (Å²) in [5, 5.41) is 3.11. The standard InChI is InChI=1S/C20H30N2O/c1-2-3-9-18-15-21-19(23)14-20(18)10-12-22(13-11-20)16-17-7-5-4-6-8-17/h4-8,18H,2-3,9-16H2,1H3,(H,21,23). The monoisotopic (exact) mass is 314 g/mol. The minimum atomic E-state index is 0.269. The van der Waals surface area contributed by atoms with Crippen LogP contribution in [0.5, 0.6) is 0 Å². The van der Waals surface area contributed by atoms with Gasteiger partial charge in [0, 0.05) is 19.5 Å². The SMILES string of the molecule is CCCCC1CNC(=O)CC12CCN(Cc1ccccc1)CC2. The quantitative estimate of drug-likeness (QED) is 0.900. The smallest absolute Gasteiger partial charge is 0.220 e. The molecule has 2 saturated heterocycles. The third-order valence-corrected chi connectivity index (χ3v) is 5.93. The van der Waals surface area contributed by atoms with E-state index in [1.807, 2.05) is 0 Å². The van der Waals surface area contributed by atoms with E-state index >= 15 is 0 Å². The number of carbonyl (C=O) groups is 1. The number of benzene rings is 1. The fourth-order valence-corrected chi connectivity index (χ4v) is 4.42. The number of nitrogens with one attached hydrogen (secondary N) is 1. The first-order valence-corrected chi connectivity index (χ1v) is 9.25. The van der Waals surface area contributed by atoms with Crippen LogP contribution >= 0.6 is 0 Å². The summed E-state index contributed by atoms with van der Waals surface area (Å²) >= 11 is 0. The molecule has 3 heteroatoms. The van der Waals surface area contributed by atoms with Gasteiger partial charge in [0.2, 0.25) is 5.91 Å².